The Kier molecular flexibility index (Phi) is 4.34. The molecule has 0 saturated heterocycles. The number of aliphatic hydroxyl groups is 2. The summed E-state index contributed by atoms with van der Waals surface area (Å²) >= 11 is 5.88. The van der Waals surface area contributed by atoms with Crippen LogP contribution in [0.1, 0.15) is 23.7 Å². The first-order valence-electron chi connectivity index (χ1n) is 4.96. The van der Waals surface area contributed by atoms with Gasteiger partial charge in [0.15, 0.2) is 0 Å². The van der Waals surface area contributed by atoms with E-state index < -0.39 is 24.6 Å². The molecular weight excluding hydrogens is 246 g/mol. The van der Waals surface area contributed by atoms with E-state index >= 15 is 0 Å². The summed E-state index contributed by atoms with van der Waals surface area (Å²) in [5, 5.41) is 28.0. The second-order valence-electron chi connectivity index (χ2n) is 3.84. The van der Waals surface area contributed by atoms with E-state index in [-0.39, 0.29) is 10.6 Å². The number of carboxylic acids is 1. The summed E-state index contributed by atoms with van der Waals surface area (Å²) in [5.74, 6) is -1.19. The van der Waals surface area contributed by atoms with Crippen molar-refractivity contribution >= 4 is 23.3 Å². The zero-order valence-corrected chi connectivity index (χ0v) is 9.98. The molecule has 0 radical (unpaired) electrons. The molecule has 5 N–H and O–H groups in total. The number of nitrogens with two attached hydrogens (primary N) is 1. The third-order valence-corrected chi connectivity index (χ3v) is 2.78. The van der Waals surface area contributed by atoms with Crippen molar-refractivity contribution in [2.75, 3.05) is 5.73 Å². The summed E-state index contributed by atoms with van der Waals surface area (Å²) in [6.45, 7) is 1.73. The number of anilines is 1. The summed E-state index contributed by atoms with van der Waals surface area (Å²) < 4.78 is 0. The van der Waals surface area contributed by atoms with Crippen LogP contribution in [0.3, 0.4) is 0 Å². The zero-order chi connectivity index (χ0) is 13.2. The molecule has 0 bridgehead atoms. The van der Waals surface area contributed by atoms with Crippen molar-refractivity contribution in [3.05, 3.63) is 28.3 Å². The lowest BCUT2D eigenvalue weighted by Gasteiger charge is -2.18. The summed E-state index contributed by atoms with van der Waals surface area (Å²) in [6.07, 6.45) is -3.31. The average molecular weight is 260 g/mol. The highest BCUT2D eigenvalue weighted by atomic mass is 35.5. The van der Waals surface area contributed by atoms with E-state index in [0.717, 1.165) is 0 Å². The number of halogens is 1. The highest BCUT2D eigenvalue weighted by Crippen LogP contribution is 2.30. The molecule has 1 aromatic rings. The molecule has 0 aliphatic heterocycles. The summed E-state index contributed by atoms with van der Waals surface area (Å²) in [7, 11) is 0. The van der Waals surface area contributed by atoms with E-state index in [4.69, 9.17) is 22.4 Å². The van der Waals surface area contributed by atoms with Crippen molar-refractivity contribution in [1.82, 2.24) is 0 Å². The van der Waals surface area contributed by atoms with E-state index in [1.807, 2.05) is 0 Å². The van der Waals surface area contributed by atoms with Gasteiger partial charge in [-0.3, -0.25) is 4.79 Å². The van der Waals surface area contributed by atoms with E-state index in [1.54, 1.807) is 6.92 Å². The largest absolute Gasteiger partial charge is 0.481 e. The zero-order valence-electron chi connectivity index (χ0n) is 9.22. The highest BCUT2D eigenvalue weighted by molar-refractivity contribution is 6.31. The maximum Gasteiger partial charge on any atom is 0.306 e. The Morgan fingerprint density at radius 2 is 2.06 bits per heavy atom. The van der Waals surface area contributed by atoms with Crippen LogP contribution in [-0.4, -0.2) is 27.4 Å². The number of benzene rings is 1. The van der Waals surface area contributed by atoms with Crippen molar-refractivity contribution in [2.45, 2.75) is 25.6 Å². The van der Waals surface area contributed by atoms with E-state index in [1.165, 1.54) is 12.1 Å². The molecule has 0 saturated carbocycles. The monoisotopic (exact) mass is 259 g/mol. The molecule has 6 heteroatoms. The quantitative estimate of drug-likeness (QED) is 0.606. The summed E-state index contributed by atoms with van der Waals surface area (Å²) in [5.41, 5.74) is 7.07. The van der Waals surface area contributed by atoms with Crippen LogP contribution in [0.25, 0.3) is 0 Å². The van der Waals surface area contributed by atoms with Gasteiger partial charge in [0, 0.05) is 16.3 Å². The van der Waals surface area contributed by atoms with Crippen molar-refractivity contribution in [3.8, 4) is 0 Å². The van der Waals surface area contributed by atoms with Crippen molar-refractivity contribution in [1.29, 1.82) is 0 Å². The highest BCUT2D eigenvalue weighted by Gasteiger charge is 2.23. The first kappa shape index (κ1) is 13.8. The molecule has 5 nitrogen and oxygen atoms in total. The number of aliphatic carboxylic acids is 1. The third-order valence-electron chi connectivity index (χ3n) is 2.45. The van der Waals surface area contributed by atoms with Gasteiger partial charge in [0.05, 0.1) is 12.5 Å². The van der Waals surface area contributed by atoms with Gasteiger partial charge in [0.2, 0.25) is 0 Å². The lowest BCUT2D eigenvalue weighted by atomic mass is 9.99. The number of nitrogen functional groups attached to an aromatic ring is 1. The first-order chi connectivity index (χ1) is 7.82. The molecule has 1 aromatic carbocycles. The van der Waals surface area contributed by atoms with Crippen LogP contribution in [0.2, 0.25) is 5.02 Å². The Morgan fingerprint density at radius 1 is 1.47 bits per heavy atom. The van der Waals surface area contributed by atoms with E-state index in [0.29, 0.717) is 11.3 Å². The minimum Gasteiger partial charge on any atom is -0.481 e. The first-order valence-corrected chi connectivity index (χ1v) is 5.34. The fraction of sp³-hybridized carbons (Fsp3) is 0.364. The number of hydrogen-bond acceptors (Lipinski definition) is 4. The Balaban J connectivity index is 2.99. The minimum atomic E-state index is -1.41. The lowest BCUT2D eigenvalue weighted by Crippen LogP contribution is -2.22. The number of aryl methyl sites for hydroxylation is 1. The van der Waals surface area contributed by atoms with Crippen LogP contribution < -0.4 is 5.73 Å². The Morgan fingerprint density at radius 3 is 2.59 bits per heavy atom. The van der Waals surface area contributed by atoms with Crippen molar-refractivity contribution in [3.63, 3.8) is 0 Å². The fourth-order valence-electron chi connectivity index (χ4n) is 1.44. The van der Waals surface area contributed by atoms with Crippen LogP contribution in [0, 0.1) is 6.92 Å². The molecule has 0 amide bonds. The molecule has 0 aliphatic carbocycles. The van der Waals surface area contributed by atoms with Crippen LogP contribution in [0.15, 0.2) is 12.1 Å². The molecule has 0 heterocycles. The normalized spacial score (nSPS) is 14.4. The van der Waals surface area contributed by atoms with Crippen LogP contribution >= 0.6 is 11.6 Å². The number of carboxylic acid groups (broad SMARTS) is 1. The standard InChI is InChI=1S/C11H14ClNO4/c1-5-2-6(7(12)3-8(5)13)11(17)9(14)4-10(15)16/h2-3,9,11,14,17H,4,13H2,1H3,(H,15,16). The predicted molar refractivity (Wildman–Crippen MR) is 63.8 cm³/mol. The molecular formula is C11H14ClNO4. The van der Waals surface area contributed by atoms with Gasteiger partial charge in [0.25, 0.3) is 0 Å². The van der Waals surface area contributed by atoms with Crippen molar-refractivity contribution < 1.29 is 20.1 Å². The molecule has 1 rings (SSSR count). The van der Waals surface area contributed by atoms with Crippen LogP contribution in [0.5, 0.6) is 0 Å². The topological polar surface area (TPSA) is 104 Å². The molecule has 0 aromatic heterocycles. The summed E-state index contributed by atoms with van der Waals surface area (Å²) in [4.78, 5) is 10.4. The maximum atomic E-state index is 10.4. The van der Waals surface area contributed by atoms with Gasteiger partial charge in [-0.1, -0.05) is 11.6 Å². The molecule has 94 valence electrons. The number of hydrogen-bond donors (Lipinski definition) is 4. The smallest absolute Gasteiger partial charge is 0.306 e. The van der Waals surface area contributed by atoms with Crippen LogP contribution in [-0.2, 0) is 4.79 Å². The fourth-order valence-corrected chi connectivity index (χ4v) is 1.73. The van der Waals surface area contributed by atoms with Gasteiger partial charge in [-0.15, -0.1) is 0 Å². The average Bonchev–Trinajstić information content (AvgIpc) is 2.21. The van der Waals surface area contributed by atoms with E-state index in [9.17, 15) is 15.0 Å². The van der Waals surface area contributed by atoms with Gasteiger partial charge >= 0.3 is 5.97 Å². The SMILES string of the molecule is Cc1cc(C(O)C(O)CC(=O)O)c(Cl)cc1N. The predicted octanol–water partition coefficient (Wildman–Crippen LogP) is 1.10. The molecule has 2 unspecified atom stereocenters. The van der Waals surface area contributed by atoms with Gasteiger partial charge in [-0.2, -0.15) is 0 Å². The Bertz CT molecular complexity index is 436. The second-order valence-corrected chi connectivity index (χ2v) is 4.25. The maximum absolute atomic E-state index is 10.4. The number of carbonyl (C=O) groups is 1. The van der Waals surface area contributed by atoms with Crippen LogP contribution in [0.4, 0.5) is 5.69 Å². The number of aliphatic hydroxyl groups excluding tert-OH is 2. The minimum absolute atomic E-state index is 0.199. The molecule has 2 atom stereocenters. The second kappa shape index (κ2) is 5.35. The molecule has 0 fully saturated rings. The Labute approximate surface area is 103 Å². The van der Waals surface area contributed by atoms with Gasteiger partial charge in [-0.25, -0.2) is 0 Å². The lowest BCUT2D eigenvalue weighted by molar-refractivity contribution is -0.141. The summed E-state index contributed by atoms with van der Waals surface area (Å²) in [6, 6.07) is 3.00. The van der Waals surface area contributed by atoms with E-state index in [2.05, 4.69) is 0 Å². The number of rotatable bonds is 4. The Hall–Kier alpha value is -1.30. The van der Waals surface area contributed by atoms with Gasteiger partial charge in [-0.05, 0) is 24.6 Å². The molecule has 0 aliphatic rings. The molecule has 17 heavy (non-hydrogen) atoms. The molecule has 0 spiro atoms. The van der Waals surface area contributed by atoms with Gasteiger partial charge in [0.1, 0.15) is 6.10 Å². The third kappa shape index (κ3) is 3.33. The van der Waals surface area contributed by atoms with Gasteiger partial charge < -0.3 is 21.1 Å². The van der Waals surface area contributed by atoms with Crippen molar-refractivity contribution in [2.24, 2.45) is 0 Å².